The molecule has 0 radical (unpaired) electrons. The molecule has 1 aromatic rings. The Labute approximate surface area is 69.9 Å². The van der Waals surface area contributed by atoms with Gasteiger partial charge in [0, 0.05) is 11.3 Å². The zero-order valence-corrected chi connectivity index (χ0v) is 7.27. The van der Waals surface area contributed by atoms with Gasteiger partial charge >= 0.3 is 0 Å². The largest absolute Gasteiger partial charge is 0.387 e. The Hall–Kier alpha value is -0.410. The summed E-state index contributed by atoms with van der Waals surface area (Å²) < 4.78 is 0. The Kier molecular flexibility index (Phi) is 1.69. The summed E-state index contributed by atoms with van der Waals surface area (Å²) in [7, 11) is 0. The molecule has 2 rings (SSSR count). The second kappa shape index (κ2) is 2.57. The molecule has 1 aromatic heterocycles. The number of aliphatic hydroxyl groups is 1. The average molecular weight is 169 g/mol. The monoisotopic (exact) mass is 169 g/mol. The highest BCUT2D eigenvalue weighted by Gasteiger charge is 2.26. The van der Waals surface area contributed by atoms with Gasteiger partial charge in [-0.05, 0) is 19.8 Å². The van der Waals surface area contributed by atoms with Crippen LogP contribution in [0.3, 0.4) is 0 Å². The van der Waals surface area contributed by atoms with Crippen LogP contribution in [0.1, 0.15) is 42.5 Å². The maximum atomic E-state index is 9.18. The van der Waals surface area contributed by atoms with E-state index in [4.69, 9.17) is 0 Å². The first kappa shape index (κ1) is 7.25. The smallest absolute Gasteiger partial charge is 0.0960 e. The molecule has 2 nitrogen and oxygen atoms in total. The Morgan fingerprint density at radius 3 is 2.91 bits per heavy atom. The molecular formula is C8H11NOS. The van der Waals surface area contributed by atoms with E-state index in [-0.39, 0.29) is 0 Å². The van der Waals surface area contributed by atoms with E-state index in [2.05, 4.69) is 4.98 Å². The Morgan fingerprint density at radius 1 is 1.73 bits per heavy atom. The SMILES string of the molecule is C[C@H](O)c1csc(C2CC2)n1. The highest BCUT2D eigenvalue weighted by Crippen LogP contribution is 2.41. The van der Waals surface area contributed by atoms with Crippen molar-refractivity contribution >= 4 is 11.3 Å². The molecule has 11 heavy (non-hydrogen) atoms. The molecule has 0 saturated heterocycles. The van der Waals surface area contributed by atoms with Crippen molar-refractivity contribution in [3.8, 4) is 0 Å². The van der Waals surface area contributed by atoms with Gasteiger partial charge in [0.2, 0.25) is 0 Å². The summed E-state index contributed by atoms with van der Waals surface area (Å²) in [5, 5.41) is 12.3. The summed E-state index contributed by atoms with van der Waals surface area (Å²) in [5.74, 6) is 0.715. The van der Waals surface area contributed by atoms with E-state index in [1.807, 2.05) is 5.38 Å². The first-order valence-electron chi connectivity index (χ1n) is 3.91. The molecule has 0 aliphatic heterocycles. The zero-order chi connectivity index (χ0) is 7.84. The van der Waals surface area contributed by atoms with Crippen molar-refractivity contribution in [2.24, 2.45) is 0 Å². The molecular weight excluding hydrogens is 158 g/mol. The Bertz CT molecular complexity index is 236. The molecule has 1 heterocycles. The Balaban J connectivity index is 2.18. The van der Waals surface area contributed by atoms with Gasteiger partial charge < -0.3 is 5.11 Å². The number of hydrogen-bond donors (Lipinski definition) is 1. The Morgan fingerprint density at radius 2 is 2.45 bits per heavy atom. The van der Waals surface area contributed by atoms with Gasteiger partial charge in [-0.3, -0.25) is 0 Å². The van der Waals surface area contributed by atoms with Gasteiger partial charge in [0.05, 0.1) is 16.8 Å². The third-order valence-electron chi connectivity index (χ3n) is 1.89. The van der Waals surface area contributed by atoms with Crippen molar-refractivity contribution in [1.29, 1.82) is 0 Å². The second-order valence-electron chi connectivity index (χ2n) is 3.06. The molecule has 1 aliphatic rings. The fraction of sp³-hybridized carbons (Fsp3) is 0.625. The minimum atomic E-state index is -0.404. The lowest BCUT2D eigenvalue weighted by Crippen LogP contribution is -1.90. The van der Waals surface area contributed by atoms with E-state index in [0.717, 1.165) is 5.69 Å². The van der Waals surface area contributed by atoms with Gasteiger partial charge in [0.25, 0.3) is 0 Å². The molecule has 1 N–H and O–H groups in total. The van der Waals surface area contributed by atoms with Crippen LogP contribution in [0.25, 0.3) is 0 Å². The topological polar surface area (TPSA) is 33.1 Å². The molecule has 3 heteroatoms. The fourth-order valence-corrected chi connectivity index (χ4v) is 2.09. The lowest BCUT2D eigenvalue weighted by Gasteiger charge is -1.95. The van der Waals surface area contributed by atoms with E-state index in [1.165, 1.54) is 17.8 Å². The number of nitrogens with zero attached hydrogens (tertiary/aromatic N) is 1. The molecule has 60 valence electrons. The minimum absolute atomic E-state index is 0.404. The third kappa shape index (κ3) is 1.44. The van der Waals surface area contributed by atoms with Gasteiger partial charge in [-0.25, -0.2) is 4.98 Å². The molecule has 0 aromatic carbocycles. The predicted molar refractivity (Wildman–Crippen MR) is 44.7 cm³/mol. The molecule has 1 fully saturated rings. The van der Waals surface area contributed by atoms with Crippen LogP contribution < -0.4 is 0 Å². The number of rotatable bonds is 2. The van der Waals surface area contributed by atoms with Gasteiger partial charge in [0.1, 0.15) is 0 Å². The normalized spacial score (nSPS) is 20.2. The van der Waals surface area contributed by atoms with Crippen LogP contribution in [0.2, 0.25) is 0 Å². The van der Waals surface area contributed by atoms with Crippen LogP contribution in [0.15, 0.2) is 5.38 Å². The predicted octanol–water partition coefficient (Wildman–Crippen LogP) is 2.07. The number of hydrogen-bond acceptors (Lipinski definition) is 3. The average Bonchev–Trinajstić information content (AvgIpc) is 2.68. The lowest BCUT2D eigenvalue weighted by atomic mass is 10.3. The molecule has 1 aliphatic carbocycles. The van der Waals surface area contributed by atoms with E-state index in [9.17, 15) is 5.11 Å². The van der Waals surface area contributed by atoms with E-state index in [1.54, 1.807) is 18.3 Å². The first-order chi connectivity index (χ1) is 5.27. The van der Waals surface area contributed by atoms with Crippen molar-refractivity contribution in [3.05, 3.63) is 16.1 Å². The van der Waals surface area contributed by atoms with Crippen LogP contribution >= 0.6 is 11.3 Å². The quantitative estimate of drug-likeness (QED) is 0.735. The number of aromatic nitrogens is 1. The van der Waals surface area contributed by atoms with E-state index >= 15 is 0 Å². The zero-order valence-electron chi connectivity index (χ0n) is 6.45. The van der Waals surface area contributed by atoms with Crippen molar-refractivity contribution in [2.75, 3.05) is 0 Å². The number of aliphatic hydroxyl groups excluding tert-OH is 1. The standard InChI is InChI=1S/C8H11NOS/c1-5(10)7-4-11-8(9-7)6-2-3-6/h4-6,10H,2-3H2,1H3/t5-/m0/s1. The fourth-order valence-electron chi connectivity index (χ4n) is 1.01. The minimum Gasteiger partial charge on any atom is -0.387 e. The summed E-state index contributed by atoms with van der Waals surface area (Å²) in [6, 6.07) is 0. The van der Waals surface area contributed by atoms with Crippen LogP contribution in [-0.2, 0) is 0 Å². The van der Waals surface area contributed by atoms with Crippen LogP contribution in [0, 0.1) is 0 Å². The van der Waals surface area contributed by atoms with Gasteiger partial charge in [-0.2, -0.15) is 0 Å². The highest BCUT2D eigenvalue weighted by atomic mass is 32.1. The van der Waals surface area contributed by atoms with Crippen molar-refractivity contribution in [2.45, 2.75) is 31.8 Å². The third-order valence-corrected chi connectivity index (χ3v) is 2.92. The molecule has 0 bridgehead atoms. The maximum Gasteiger partial charge on any atom is 0.0960 e. The van der Waals surface area contributed by atoms with Gasteiger partial charge in [0.15, 0.2) is 0 Å². The van der Waals surface area contributed by atoms with Crippen molar-refractivity contribution in [1.82, 2.24) is 4.98 Å². The van der Waals surface area contributed by atoms with E-state index in [0.29, 0.717) is 5.92 Å². The van der Waals surface area contributed by atoms with Gasteiger partial charge in [-0.1, -0.05) is 0 Å². The maximum absolute atomic E-state index is 9.18. The molecule has 1 atom stereocenters. The molecule has 1 saturated carbocycles. The molecule has 0 amide bonds. The summed E-state index contributed by atoms with van der Waals surface area (Å²) >= 11 is 1.68. The summed E-state index contributed by atoms with van der Waals surface area (Å²) in [5.41, 5.74) is 0.830. The van der Waals surface area contributed by atoms with Crippen LogP contribution in [0.5, 0.6) is 0 Å². The highest BCUT2D eigenvalue weighted by molar-refractivity contribution is 7.09. The lowest BCUT2D eigenvalue weighted by molar-refractivity contribution is 0.195. The molecule has 0 unspecified atom stereocenters. The van der Waals surface area contributed by atoms with Crippen molar-refractivity contribution in [3.63, 3.8) is 0 Å². The second-order valence-corrected chi connectivity index (χ2v) is 3.95. The van der Waals surface area contributed by atoms with Crippen LogP contribution in [-0.4, -0.2) is 10.1 Å². The molecule has 0 spiro atoms. The van der Waals surface area contributed by atoms with E-state index < -0.39 is 6.10 Å². The number of thiazole rings is 1. The summed E-state index contributed by atoms with van der Waals surface area (Å²) in [4.78, 5) is 4.34. The van der Waals surface area contributed by atoms with Crippen LogP contribution in [0.4, 0.5) is 0 Å². The first-order valence-corrected chi connectivity index (χ1v) is 4.78. The summed E-state index contributed by atoms with van der Waals surface area (Å²) in [6.45, 7) is 1.76. The van der Waals surface area contributed by atoms with Crippen molar-refractivity contribution < 1.29 is 5.11 Å². The van der Waals surface area contributed by atoms with Gasteiger partial charge in [-0.15, -0.1) is 11.3 Å². The summed E-state index contributed by atoms with van der Waals surface area (Å²) in [6.07, 6.45) is 2.17.